The number of rotatable bonds is 6. The molecule has 40 heavy (non-hydrogen) atoms. The number of nitrogens with zero attached hydrogens (tertiary/aromatic N) is 1. The van der Waals surface area contributed by atoms with E-state index in [1.54, 1.807) is 12.1 Å². The molecule has 0 radical (unpaired) electrons. The van der Waals surface area contributed by atoms with E-state index in [1.165, 1.54) is 11.1 Å². The van der Waals surface area contributed by atoms with Gasteiger partial charge in [0, 0.05) is 29.4 Å². The molecule has 1 aliphatic heterocycles. The zero-order chi connectivity index (χ0) is 28.1. The van der Waals surface area contributed by atoms with Crippen molar-refractivity contribution in [3.8, 4) is 11.6 Å². The maximum Gasteiger partial charge on any atom is 0.251 e. The van der Waals surface area contributed by atoms with Crippen LogP contribution in [0.1, 0.15) is 78.2 Å². The summed E-state index contributed by atoms with van der Waals surface area (Å²) in [6.07, 6.45) is 3.37. The Morgan fingerprint density at radius 3 is 2.60 bits per heavy atom. The minimum absolute atomic E-state index is 0.129. The van der Waals surface area contributed by atoms with Crippen LogP contribution in [0.25, 0.3) is 0 Å². The molecule has 212 valence electrons. The zero-order valence-electron chi connectivity index (χ0n) is 23.8. The molecule has 0 saturated heterocycles. The van der Waals surface area contributed by atoms with Crippen LogP contribution in [0.5, 0.6) is 11.6 Å². The first-order valence-electron chi connectivity index (χ1n) is 14.5. The maximum absolute atomic E-state index is 13.4. The van der Waals surface area contributed by atoms with Crippen molar-refractivity contribution in [3.63, 3.8) is 0 Å². The van der Waals surface area contributed by atoms with Crippen LogP contribution < -0.4 is 20.1 Å². The highest BCUT2D eigenvalue weighted by molar-refractivity contribution is 5.94. The molecular formula is C33H41N3O4. The molecule has 5 rings (SSSR count). The van der Waals surface area contributed by atoms with Gasteiger partial charge in [0.2, 0.25) is 5.88 Å². The fraction of sp³-hybridized carbons (Fsp3) is 0.455. The number of aromatic nitrogens is 1. The lowest BCUT2D eigenvalue weighted by Gasteiger charge is -2.28. The first kappa shape index (κ1) is 28.1. The first-order valence-corrected chi connectivity index (χ1v) is 14.5. The zero-order valence-corrected chi connectivity index (χ0v) is 23.8. The number of fused-ring (bicyclic) bond motifs is 4. The van der Waals surface area contributed by atoms with Crippen LogP contribution in [-0.2, 0) is 12.0 Å². The molecule has 3 aromatic rings. The van der Waals surface area contributed by atoms with E-state index in [9.17, 15) is 9.90 Å². The number of pyridine rings is 1. The van der Waals surface area contributed by atoms with Crippen LogP contribution in [-0.4, -0.2) is 47.9 Å². The number of aliphatic hydroxyl groups is 1. The van der Waals surface area contributed by atoms with Gasteiger partial charge in [-0.2, -0.15) is 0 Å². The Morgan fingerprint density at radius 2 is 1.82 bits per heavy atom. The molecule has 7 nitrogen and oxygen atoms in total. The Hall–Kier alpha value is -3.42. The number of benzene rings is 2. The van der Waals surface area contributed by atoms with Gasteiger partial charge in [0.15, 0.2) is 0 Å². The van der Waals surface area contributed by atoms with Crippen molar-refractivity contribution in [2.75, 3.05) is 19.8 Å². The summed E-state index contributed by atoms with van der Waals surface area (Å²) < 4.78 is 11.8. The van der Waals surface area contributed by atoms with Crippen LogP contribution in [0.3, 0.4) is 0 Å². The topological polar surface area (TPSA) is 92.7 Å². The predicted octanol–water partition coefficient (Wildman–Crippen LogP) is 5.05. The minimum atomic E-state index is -0.809. The summed E-state index contributed by atoms with van der Waals surface area (Å²) in [4.78, 5) is 17.9. The summed E-state index contributed by atoms with van der Waals surface area (Å²) in [5.74, 6) is 1.41. The van der Waals surface area contributed by atoms with Gasteiger partial charge in [0.25, 0.3) is 5.91 Å². The van der Waals surface area contributed by atoms with Gasteiger partial charge in [0.05, 0.1) is 25.4 Å². The first-order chi connectivity index (χ1) is 19.3. The molecule has 2 heterocycles. The Balaban J connectivity index is 1.36. The number of hydrogen-bond donors (Lipinski definition) is 3. The van der Waals surface area contributed by atoms with Crippen molar-refractivity contribution in [3.05, 3.63) is 88.6 Å². The van der Waals surface area contributed by atoms with Crippen molar-refractivity contribution in [1.29, 1.82) is 0 Å². The third-order valence-electron chi connectivity index (χ3n) is 7.89. The number of nitrogens with one attached hydrogen (secondary N) is 2. The monoisotopic (exact) mass is 543 g/mol. The summed E-state index contributed by atoms with van der Waals surface area (Å²) in [6, 6.07) is 19.6. The fourth-order valence-electron chi connectivity index (χ4n) is 5.30. The van der Waals surface area contributed by atoms with E-state index in [0.717, 1.165) is 37.0 Å². The number of aliphatic hydroxyl groups excluding tert-OH is 1. The normalized spacial score (nSPS) is 19.7. The van der Waals surface area contributed by atoms with Crippen LogP contribution >= 0.6 is 0 Å². The standard InChI is InChI=1S/C33H41N3O4/c1-22(2)25-9-7-10-27(19-25)33(12-13-33)34-21-30(37)29-18-24-8-6-11-28(17-24)39-14-4-5-15-40-31-20-26(32(38)36-29)16-23(3)35-31/h6-11,16-17,19-20,22,29-30,34,37H,4-5,12-15,18,21H2,1-3H3,(H,36,38)/t29-,30+/m0/s1. The number of amides is 1. The Morgan fingerprint density at radius 1 is 1.05 bits per heavy atom. The van der Waals surface area contributed by atoms with E-state index in [-0.39, 0.29) is 11.4 Å². The highest BCUT2D eigenvalue weighted by atomic mass is 16.5. The van der Waals surface area contributed by atoms with Crippen LogP contribution in [0.2, 0.25) is 0 Å². The highest BCUT2D eigenvalue weighted by Crippen LogP contribution is 2.46. The molecule has 1 amide bonds. The van der Waals surface area contributed by atoms with E-state index < -0.39 is 12.1 Å². The van der Waals surface area contributed by atoms with Crippen molar-refractivity contribution in [2.45, 2.75) is 76.5 Å². The van der Waals surface area contributed by atoms with E-state index in [1.807, 2.05) is 31.2 Å². The number of carbonyl (C=O) groups excluding carboxylic acids is 1. The largest absolute Gasteiger partial charge is 0.494 e. The molecule has 1 saturated carbocycles. The Bertz CT molecular complexity index is 1320. The smallest absolute Gasteiger partial charge is 0.251 e. The molecule has 2 atom stereocenters. The van der Waals surface area contributed by atoms with Gasteiger partial charge < -0.3 is 25.2 Å². The summed E-state index contributed by atoms with van der Waals surface area (Å²) in [5, 5.41) is 18.2. The molecular weight excluding hydrogens is 502 g/mol. The predicted molar refractivity (Wildman–Crippen MR) is 156 cm³/mol. The SMILES string of the molecule is Cc1cc2cc(n1)OCCCCOc1cccc(c1)C[C@@H]([C@H](O)CNC1(c3cccc(C(C)C)c3)CC1)NC2=O. The van der Waals surface area contributed by atoms with Gasteiger partial charge in [-0.1, -0.05) is 50.2 Å². The Labute approximate surface area is 237 Å². The van der Waals surface area contributed by atoms with Gasteiger partial charge in [-0.25, -0.2) is 4.98 Å². The minimum Gasteiger partial charge on any atom is -0.494 e. The number of aryl methyl sites for hydroxylation is 1. The highest BCUT2D eigenvalue weighted by Gasteiger charge is 2.44. The van der Waals surface area contributed by atoms with Crippen LogP contribution in [0.4, 0.5) is 0 Å². The number of carbonyl (C=O) groups is 1. The summed E-state index contributed by atoms with van der Waals surface area (Å²) >= 11 is 0. The van der Waals surface area contributed by atoms with Gasteiger partial charge in [-0.3, -0.25) is 4.79 Å². The van der Waals surface area contributed by atoms with Crippen LogP contribution in [0.15, 0.2) is 60.7 Å². The molecule has 0 spiro atoms. The average molecular weight is 544 g/mol. The summed E-state index contributed by atoms with van der Waals surface area (Å²) in [5.41, 5.74) is 4.62. The van der Waals surface area contributed by atoms with E-state index in [0.29, 0.717) is 49.2 Å². The molecule has 1 aliphatic carbocycles. The van der Waals surface area contributed by atoms with Gasteiger partial charge in [-0.05, 0) is 79.8 Å². The van der Waals surface area contributed by atoms with Crippen molar-refractivity contribution >= 4 is 5.91 Å². The molecule has 2 aliphatic rings. The van der Waals surface area contributed by atoms with Crippen LogP contribution in [0, 0.1) is 6.92 Å². The quantitative estimate of drug-likeness (QED) is 0.403. The summed E-state index contributed by atoms with van der Waals surface area (Å²) in [7, 11) is 0. The fourth-order valence-corrected chi connectivity index (χ4v) is 5.30. The molecule has 1 aromatic heterocycles. The lowest BCUT2D eigenvalue weighted by Crippen LogP contribution is -2.50. The molecule has 3 N–H and O–H groups in total. The van der Waals surface area contributed by atoms with E-state index in [4.69, 9.17) is 9.47 Å². The third kappa shape index (κ3) is 7.01. The molecule has 7 heteroatoms. The lowest BCUT2D eigenvalue weighted by molar-refractivity contribution is 0.0821. The van der Waals surface area contributed by atoms with Crippen molar-refractivity contribution in [1.82, 2.24) is 15.6 Å². The van der Waals surface area contributed by atoms with E-state index >= 15 is 0 Å². The van der Waals surface area contributed by atoms with Gasteiger partial charge >= 0.3 is 0 Å². The average Bonchev–Trinajstić information content (AvgIpc) is 3.74. The third-order valence-corrected chi connectivity index (χ3v) is 7.89. The van der Waals surface area contributed by atoms with E-state index in [2.05, 4.69) is 53.7 Å². The molecule has 0 unspecified atom stereocenters. The summed E-state index contributed by atoms with van der Waals surface area (Å²) in [6.45, 7) is 7.70. The molecule has 2 aromatic carbocycles. The molecule has 4 bridgehead atoms. The second-order valence-electron chi connectivity index (χ2n) is 11.5. The Kier molecular flexibility index (Phi) is 8.72. The second kappa shape index (κ2) is 12.4. The number of hydrogen-bond acceptors (Lipinski definition) is 6. The van der Waals surface area contributed by atoms with Gasteiger partial charge in [0.1, 0.15) is 5.75 Å². The van der Waals surface area contributed by atoms with Crippen molar-refractivity contribution < 1.29 is 19.4 Å². The number of ether oxygens (including phenoxy) is 2. The second-order valence-corrected chi connectivity index (χ2v) is 11.5. The maximum atomic E-state index is 13.4. The van der Waals surface area contributed by atoms with Gasteiger partial charge in [-0.15, -0.1) is 0 Å². The molecule has 1 fully saturated rings. The lowest BCUT2D eigenvalue weighted by atomic mass is 9.95. The van der Waals surface area contributed by atoms with Crippen molar-refractivity contribution in [2.24, 2.45) is 0 Å².